The van der Waals surface area contributed by atoms with Gasteiger partial charge in [0.1, 0.15) is 13.1 Å². The van der Waals surface area contributed by atoms with Crippen LogP contribution < -0.4 is 9.13 Å². The Bertz CT molecular complexity index is 645. The number of aromatic nitrogens is 2. The first-order chi connectivity index (χ1) is 14.8. The highest BCUT2D eigenvalue weighted by atomic mass is 14.9. The molecule has 0 saturated heterocycles. The summed E-state index contributed by atoms with van der Waals surface area (Å²) in [5, 5.41) is 0. The van der Waals surface area contributed by atoms with Crippen molar-refractivity contribution in [3.63, 3.8) is 0 Å². The van der Waals surface area contributed by atoms with E-state index in [2.05, 4.69) is 72.0 Å². The van der Waals surface area contributed by atoms with Gasteiger partial charge in [-0.3, -0.25) is 0 Å². The average molecular weight is 411 g/mol. The Labute approximate surface area is 186 Å². The van der Waals surface area contributed by atoms with Crippen LogP contribution in [0.25, 0.3) is 11.1 Å². The van der Waals surface area contributed by atoms with Crippen molar-refractivity contribution in [1.29, 1.82) is 0 Å². The molecule has 2 heteroatoms. The van der Waals surface area contributed by atoms with E-state index in [1.54, 1.807) is 0 Å². The molecule has 2 nitrogen and oxygen atoms in total. The Morgan fingerprint density at radius 1 is 0.433 bits per heavy atom. The minimum atomic E-state index is 1.14. The lowest BCUT2D eigenvalue weighted by Gasteiger charge is -2.03. The van der Waals surface area contributed by atoms with Crippen LogP contribution in [0.15, 0.2) is 49.1 Å². The molecule has 0 atom stereocenters. The number of rotatable bonds is 17. The minimum absolute atomic E-state index is 1.14. The van der Waals surface area contributed by atoms with Crippen LogP contribution in [0.2, 0.25) is 0 Å². The van der Waals surface area contributed by atoms with Crippen molar-refractivity contribution in [2.75, 3.05) is 0 Å². The predicted molar refractivity (Wildman–Crippen MR) is 128 cm³/mol. The van der Waals surface area contributed by atoms with Crippen LogP contribution in [0.1, 0.15) is 104 Å². The normalized spacial score (nSPS) is 11.1. The molecule has 0 aromatic carbocycles. The van der Waals surface area contributed by atoms with Gasteiger partial charge in [-0.1, -0.05) is 78.1 Å². The highest BCUT2D eigenvalue weighted by Crippen LogP contribution is 2.16. The summed E-state index contributed by atoms with van der Waals surface area (Å²) in [5.41, 5.74) is 2.63. The number of aryl methyl sites for hydroxylation is 2. The van der Waals surface area contributed by atoms with Crippen molar-refractivity contribution in [2.45, 2.75) is 117 Å². The summed E-state index contributed by atoms with van der Waals surface area (Å²) >= 11 is 0. The van der Waals surface area contributed by atoms with Gasteiger partial charge in [0.05, 0.1) is 0 Å². The molecule has 0 aliphatic carbocycles. The van der Waals surface area contributed by atoms with Crippen molar-refractivity contribution in [2.24, 2.45) is 0 Å². The molecular formula is C28H46N2+2. The Balaban J connectivity index is 1.65. The molecule has 0 N–H and O–H groups in total. The van der Waals surface area contributed by atoms with Crippen LogP contribution in [0, 0.1) is 0 Å². The molecule has 0 aliphatic heterocycles. The Morgan fingerprint density at radius 2 is 0.733 bits per heavy atom. The summed E-state index contributed by atoms with van der Waals surface area (Å²) in [4.78, 5) is 0. The van der Waals surface area contributed by atoms with Crippen molar-refractivity contribution < 1.29 is 9.13 Å². The summed E-state index contributed by atoms with van der Waals surface area (Å²) in [6.45, 7) is 6.84. The zero-order chi connectivity index (χ0) is 21.3. The molecule has 0 radical (unpaired) electrons. The van der Waals surface area contributed by atoms with Crippen LogP contribution in [0.3, 0.4) is 0 Å². The van der Waals surface area contributed by atoms with E-state index in [4.69, 9.17) is 0 Å². The third-order valence-electron chi connectivity index (χ3n) is 6.16. The largest absolute Gasteiger partial charge is 0.205 e. The third kappa shape index (κ3) is 10.4. The zero-order valence-corrected chi connectivity index (χ0v) is 19.8. The minimum Gasteiger partial charge on any atom is -0.205 e. The Kier molecular flexibility index (Phi) is 13.1. The van der Waals surface area contributed by atoms with E-state index in [-0.39, 0.29) is 0 Å². The molecule has 2 heterocycles. The first-order valence-corrected chi connectivity index (χ1v) is 12.8. The van der Waals surface area contributed by atoms with Crippen molar-refractivity contribution in [1.82, 2.24) is 0 Å². The van der Waals surface area contributed by atoms with E-state index < -0.39 is 0 Å². The van der Waals surface area contributed by atoms with Gasteiger partial charge in [-0.15, -0.1) is 0 Å². The molecule has 2 aromatic rings. The lowest BCUT2D eigenvalue weighted by molar-refractivity contribution is -0.697. The SMILES string of the molecule is CCCCCCCCCC[n+]1ccc(-c2cc[n+](CCCCCCCC)cc2)cc1. The molecule has 0 aliphatic rings. The highest BCUT2D eigenvalue weighted by molar-refractivity contribution is 5.60. The van der Waals surface area contributed by atoms with E-state index in [9.17, 15) is 0 Å². The van der Waals surface area contributed by atoms with Gasteiger partial charge in [-0.05, 0) is 24.0 Å². The lowest BCUT2D eigenvalue weighted by atomic mass is 10.1. The summed E-state index contributed by atoms with van der Waals surface area (Å²) in [7, 11) is 0. The quantitative estimate of drug-likeness (QED) is 0.189. The zero-order valence-electron chi connectivity index (χ0n) is 19.8. The maximum atomic E-state index is 2.34. The third-order valence-corrected chi connectivity index (χ3v) is 6.16. The Morgan fingerprint density at radius 3 is 1.07 bits per heavy atom. The van der Waals surface area contributed by atoms with Gasteiger partial charge in [-0.25, -0.2) is 9.13 Å². The summed E-state index contributed by atoms with van der Waals surface area (Å²) < 4.78 is 4.66. The smallest absolute Gasteiger partial charge is 0.169 e. The fraction of sp³-hybridized carbons (Fsp3) is 0.643. The summed E-state index contributed by atoms with van der Waals surface area (Å²) in [6, 6.07) is 9.04. The van der Waals surface area contributed by atoms with Crippen LogP contribution in [0.5, 0.6) is 0 Å². The van der Waals surface area contributed by atoms with Crippen molar-refractivity contribution in [3.8, 4) is 11.1 Å². The first-order valence-electron chi connectivity index (χ1n) is 12.8. The highest BCUT2D eigenvalue weighted by Gasteiger charge is 2.06. The van der Waals surface area contributed by atoms with Gasteiger partial charge >= 0.3 is 0 Å². The van der Waals surface area contributed by atoms with E-state index in [1.165, 1.54) is 101 Å². The van der Waals surface area contributed by atoms with Gasteiger partial charge < -0.3 is 0 Å². The number of nitrogens with zero attached hydrogens (tertiary/aromatic N) is 2. The van der Waals surface area contributed by atoms with Gasteiger partial charge in [-0.2, -0.15) is 0 Å². The van der Waals surface area contributed by atoms with Gasteiger partial charge in [0.2, 0.25) is 0 Å². The number of hydrogen-bond donors (Lipinski definition) is 0. The van der Waals surface area contributed by atoms with Gasteiger partial charge in [0.25, 0.3) is 0 Å². The van der Waals surface area contributed by atoms with Gasteiger partial charge in [0, 0.05) is 37.1 Å². The predicted octanol–water partition coefficient (Wildman–Crippen LogP) is 7.43. The van der Waals surface area contributed by atoms with E-state index in [0.717, 1.165) is 13.1 Å². The fourth-order valence-corrected chi connectivity index (χ4v) is 4.10. The summed E-state index contributed by atoms with van der Waals surface area (Å²) in [5.74, 6) is 0. The molecule has 166 valence electrons. The molecule has 0 spiro atoms. The second-order valence-corrected chi connectivity index (χ2v) is 8.89. The van der Waals surface area contributed by atoms with E-state index in [0.29, 0.717) is 0 Å². The van der Waals surface area contributed by atoms with E-state index >= 15 is 0 Å². The molecule has 2 aromatic heterocycles. The number of hydrogen-bond acceptors (Lipinski definition) is 0. The molecular weight excluding hydrogens is 364 g/mol. The summed E-state index contributed by atoms with van der Waals surface area (Å²) in [6.07, 6.45) is 28.2. The molecule has 0 fully saturated rings. The first kappa shape index (κ1) is 24.6. The average Bonchev–Trinajstić information content (AvgIpc) is 2.79. The second-order valence-electron chi connectivity index (χ2n) is 8.89. The lowest BCUT2D eigenvalue weighted by Crippen LogP contribution is -2.33. The van der Waals surface area contributed by atoms with Crippen LogP contribution in [-0.4, -0.2) is 0 Å². The molecule has 0 amide bonds. The number of unbranched alkanes of at least 4 members (excludes halogenated alkanes) is 12. The van der Waals surface area contributed by atoms with Crippen LogP contribution in [-0.2, 0) is 13.1 Å². The Hall–Kier alpha value is -1.70. The molecule has 30 heavy (non-hydrogen) atoms. The van der Waals surface area contributed by atoms with Crippen LogP contribution >= 0.6 is 0 Å². The molecule has 0 saturated carbocycles. The van der Waals surface area contributed by atoms with Crippen molar-refractivity contribution in [3.05, 3.63) is 49.1 Å². The monoisotopic (exact) mass is 410 g/mol. The fourth-order valence-electron chi connectivity index (χ4n) is 4.10. The standard InChI is InChI=1S/C28H46N2/c1-3-5-7-9-11-12-14-16-22-30-25-19-28(20-26-30)27-17-23-29(24-18-27)21-15-13-10-8-6-4-2/h17-20,23-26H,3-16,21-22H2,1-2H3/q+2. The molecule has 0 bridgehead atoms. The van der Waals surface area contributed by atoms with Crippen molar-refractivity contribution >= 4 is 0 Å². The maximum absolute atomic E-state index is 2.34. The molecule has 0 unspecified atom stereocenters. The topological polar surface area (TPSA) is 7.76 Å². The van der Waals surface area contributed by atoms with Crippen LogP contribution in [0.4, 0.5) is 0 Å². The van der Waals surface area contributed by atoms with Gasteiger partial charge in [0.15, 0.2) is 24.8 Å². The number of pyridine rings is 2. The molecule has 2 rings (SSSR count). The van der Waals surface area contributed by atoms with E-state index in [1.807, 2.05) is 0 Å². The maximum Gasteiger partial charge on any atom is 0.169 e. The second kappa shape index (κ2) is 16.1.